The number of benzene rings is 1. The lowest BCUT2D eigenvalue weighted by molar-refractivity contribution is 0.316. The van der Waals surface area contributed by atoms with E-state index in [1.54, 1.807) is 0 Å². The van der Waals surface area contributed by atoms with Gasteiger partial charge in [0.25, 0.3) is 0 Å². The smallest absolute Gasteiger partial charge is 0.129 e. The third kappa shape index (κ3) is 3.77. The fourth-order valence-corrected chi connectivity index (χ4v) is 2.45. The highest BCUT2D eigenvalue weighted by Gasteiger charge is 2.25. The van der Waals surface area contributed by atoms with Gasteiger partial charge in [-0.15, -0.1) is 0 Å². The Bertz CT molecular complexity index is 407. The Labute approximate surface area is 117 Å². The first kappa shape index (κ1) is 14.0. The molecular weight excluding hydrogens is 295 g/mol. The molecule has 1 N–H and O–H groups in total. The maximum Gasteiger partial charge on any atom is 0.129 e. The molecule has 0 bridgehead atoms. The fraction of sp³-hybridized carbons (Fsp3) is 0.571. The average molecular weight is 315 g/mol. The van der Waals surface area contributed by atoms with Gasteiger partial charge < -0.3 is 10.2 Å². The van der Waals surface area contributed by atoms with Gasteiger partial charge in [0, 0.05) is 35.2 Å². The van der Waals surface area contributed by atoms with Crippen molar-refractivity contribution in [2.24, 2.45) is 0 Å². The lowest BCUT2D eigenvalue weighted by Crippen LogP contribution is -2.32. The molecule has 1 aliphatic rings. The topological polar surface area (TPSA) is 15.3 Å². The van der Waals surface area contributed by atoms with Gasteiger partial charge in [0.15, 0.2) is 0 Å². The molecular formula is C14H20BrFN2. The molecule has 1 aromatic carbocycles. The van der Waals surface area contributed by atoms with Crippen molar-refractivity contribution in [1.29, 1.82) is 0 Å². The maximum absolute atomic E-state index is 13.7. The van der Waals surface area contributed by atoms with Gasteiger partial charge in [-0.1, -0.05) is 22.0 Å². The Hall–Kier alpha value is -0.450. The van der Waals surface area contributed by atoms with E-state index in [4.69, 9.17) is 0 Å². The van der Waals surface area contributed by atoms with E-state index in [2.05, 4.69) is 33.2 Å². The van der Waals surface area contributed by atoms with Gasteiger partial charge >= 0.3 is 0 Å². The molecule has 2 rings (SSSR count). The predicted molar refractivity (Wildman–Crippen MR) is 76.2 cm³/mol. The first-order valence-electron chi connectivity index (χ1n) is 6.46. The van der Waals surface area contributed by atoms with Crippen molar-refractivity contribution in [2.75, 3.05) is 20.1 Å². The van der Waals surface area contributed by atoms with Crippen LogP contribution in [0.15, 0.2) is 22.7 Å². The normalized spacial score (nSPS) is 17.2. The molecule has 18 heavy (non-hydrogen) atoms. The van der Waals surface area contributed by atoms with E-state index in [1.165, 1.54) is 18.9 Å². The van der Waals surface area contributed by atoms with Crippen LogP contribution in [0.2, 0.25) is 0 Å². The molecule has 0 spiro atoms. The molecule has 0 heterocycles. The highest BCUT2D eigenvalue weighted by molar-refractivity contribution is 9.10. The minimum atomic E-state index is -0.153. The van der Waals surface area contributed by atoms with Crippen molar-refractivity contribution < 1.29 is 4.39 Å². The number of nitrogens with one attached hydrogen (secondary N) is 1. The van der Waals surface area contributed by atoms with Gasteiger partial charge in [-0.05, 0) is 38.9 Å². The molecule has 0 saturated heterocycles. The molecule has 0 radical (unpaired) electrons. The summed E-state index contributed by atoms with van der Waals surface area (Å²) < 4.78 is 14.5. The monoisotopic (exact) mass is 314 g/mol. The summed E-state index contributed by atoms with van der Waals surface area (Å²) in [5.41, 5.74) is 0.729. The summed E-state index contributed by atoms with van der Waals surface area (Å²) in [6.07, 6.45) is 2.65. The summed E-state index contributed by atoms with van der Waals surface area (Å²) >= 11 is 3.27. The van der Waals surface area contributed by atoms with Crippen LogP contribution in [0.25, 0.3) is 0 Å². The third-order valence-electron chi connectivity index (χ3n) is 3.51. The number of rotatable bonds is 6. The zero-order valence-corrected chi connectivity index (χ0v) is 12.5. The first-order chi connectivity index (χ1) is 8.58. The molecule has 1 atom stereocenters. The quantitative estimate of drug-likeness (QED) is 0.866. The van der Waals surface area contributed by atoms with Crippen LogP contribution in [0.4, 0.5) is 4.39 Å². The van der Waals surface area contributed by atoms with Crippen molar-refractivity contribution in [3.63, 3.8) is 0 Å². The maximum atomic E-state index is 13.7. The number of hydrogen-bond acceptors (Lipinski definition) is 2. The lowest BCUT2D eigenvalue weighted by atomic mass is 10.1. The van der Waals surface area contributed by atoms with Crippen LogP contribution in [0.5, 0.6) is 0 Å². The van der Waals surface area contributed by atoms with E-state index in [-0.39, 0.29) is 11.9 Å². The van der Waals surface area contributed by atoms with Crippen LogP contribution < -0.4 is 5.32 Å². The van der Waals surface area contributed by atoms with Crippen LogP contribution in [0.3, 0.4) is 0 Å². The average Bonchev–Trinajstić information content (AvgIpc) is 3.12. The van der Waals surface area contributed by atoms with Gasteiger partial charge in [-0.25, -0.2) is 4.39 Å². The first-order valence-corrected chi connectivity index (χ1v) is 7.26. The van der Waals surface area contributed by atoms with Gasteiger partial charge in [-0.3, -0.25) is 0 Å². The third-order valence-corrected chi connectivity index (χ3v) is 4.01. The van der Waals surface area contributed by atoms with E-state index < -0.39 is 0 Å². The van der Waals surface area contributed by atoms with Crippen molar-refractivity contribution >= 4 is 15.9 Å². The molecule has 0 aromatic heterocycles. The summed E-state index contributed by atoms with van der Waals surface area (Å²) in [5.74, 6) is -0.153. The molecule has 1 aliphatic carbocycles. The summed E-state index contributed by atoms with van der Waals surface area (Å²) in [6, 6.07) is 6.07. The Morgan fingerprint density at radius 2 is 2.22 bits per heavy atom. The predicted octanol–water partition coefficient (Wildman–Crippen LogP) is 3.33. The van der Waals surface area contributed by atoms with E-state index in [0.29, 0.717) is 0 Å². The number of halogens is 2. The molecule has 0 amide bonds. The van der Waals surface area contributed by atoms with Gasteiger partial charge in [-0.2, -0.15) is 0 Å². The molecule has 4 heteroatoms. The molecule has 1 saturated carbocycles. The SMILES string of the molecule is CC(NCCN(C)C1CC1)c1ccc(Br)cc1F. The van der Waals surface area contributed by atoms with Crippen molar-refractivity contribution in [3.8, 4) is 0 Å². The fourth-order valence-electron chi connectivity index (χ4n) is 2.12. The standard InChI is InChI=1S/C14H20BrFN2/c1-10(13-6-3-11(15)9-14(13)16)17-7-8-18(2)12-4-5-12/h3,6,9-10,12,17H,4-5,7-8H2,1-2H3. The molecule has 1 aromatic rings. The van der Waals surface area contributed by atoms with E-state index >= 15 is 0 Å². The molecule has 0 aliphatic heterocycles. The Balaban J connectivity index is 1.81. The second-order valence-electron chi connectivity index (χ2n) is 5.05. The summed E-state index contributed by atoms with van der Waals surface area (Å²) in [4.78, 5) is 2.37. The summed E-state index contributed by atoms with van der Waals surface area (Å²) in [5, 5.41) is 3.38. The van der Waals surface area contributed by atoms with Gasteiger partial charge in [0.05, 0.1) is 0 Å². The Morgan fingerprint density at radius 3 is 2.83 bits per heavy atom. The van der Waals surface area contributed by atoms with Gasteiger partial charge in [0.2, 0.25) is 0 Å². The van der Waals surface area contributed by atoms with Crippen molar-refractivity contribution in [2.45, 2.75) is 31.8 Å². The minimum absolute atomic E-state index is 0.0469. The second-order valence-corrected chi connectivity index (χ2v) is 5.97. The Morgan fingerprint density at radius 1 is 1.50 bits per heavy atom. The molecule has 1 fully saturated rings. The van der Waals surface area contributed by atoms with Crippen LogP contribution in [0, 0.1) is 5.82 Å². The summed E-state index contributed by atoms with van der Waals surface area (Å²) in [6.45, 7) is 3.92. The van der Waals surface area contributed by atoms with Crippen LogP contribution >= 0.6 is 15.9 Å². The minimum Gasteiger partial charge on any atom is -0.309 e. The second kappa shape index (κ2) is 6.13. The van der Waals surface area contributed by atoms with Crippen LogP contribution in [-0.4, -0.2) is 31.1 Å². The number of hydrogen-bond donors (Lipinski definition) is 1. The van der Waals surface area contributed by atoms with Crippen LogP contribution in [0.1, 0.15) is 31.4 Å². The summed E-state index contributed by atoms with van der Waals surface area (Å²) in [7, 11) is 2.16. The zero-order valence-electron chi connectivity index (χ0n) is 10.9. The van der Waals surface area contributed by atoms with E-state index in [9.17, 15) is 4.39 Å². The Kier molecular flexibility index (Phi) is 4.76. The highest BCUT2D eigenvalue weighted by atomic mass is 79.9. The molecule has 100 valence electrons. The molecule has 2 nitrogen and oxygen atoms in total. The highest BCUT2D eigenvalue weighted by Crippen LogP contribution is 2.25. The van der Waals surface area contributed by atoms with E-state index in [0.717, 1.165) is 29.2 Å². The van der Waals surface area contributed by atoms with E-state index in [1.807, 2.05) is 19.1 Å². The van der Waals surface area contributed by atoms with Crippen LogP contribution in [-0.2, 0) is 0 Å². The van der Waals surface area contributed by atoms with Crippen molar-refractivity contribution in [3.05, 3.63) is 34.1 Å². The lowest BCUT2D eigenvalue weighted by Gasteiger charge is -2.19. The van der Waals surface area contributed by atoms with Crippen molar-refractivity contribution in [1.82, 2.24) is 10.2 Å². The largest absolute Gasteiger partial charge is 0.309 e. The zero-order chi connectivity index (χ0) is 13.1. The number of likely N-dealkylation sites (N-methyl/N-ethyl adjacent to an activating group) is 1. The number of nitrogens with zero attached hydrogens (tertiary/aromatic N) is 1. The molecule has 1 unspecified atom stereocenters. The van der Waals surface area contributed by atoms with Gasteiger partial charge in [0.1, 0.15) is 5.82 Å².